The third-order valence-corrected chi connectivity index (χ3v) is 6.63. The minimum absolute atomic E-state index is 0.0243. The second-order valence-corrected chi connectivity index (χ2v) is 9.55. The molecular weight excluding hydrogens is 409 g/mol. The van der Waals surface area contributed by atoms with Gasteiger partial charge in [0.2, 0.25) is 0 Å². The highest BCUT2D eigenvalue weighted by Gasteiger charge is 2.34. The van der Waals surface area contributed by atoms with Crippen LogP contribution in [0.3, 0.4) is 0 Å². The highest BCUT2D eigenvalue weighted by Crippen LogP contribution is 2.22. The lowest BCUT2D eigenvalue weighted by Gasteiger charge is -2.28. The summed E-state index contributed by atoms with van der Waals surface area (Å²) in [5.74, 6) is 0.286. The molecule has 1 fully saturated rings. The molecule has 1 aliphatic heterocycles. The largest absolute Gasteiger partial charge is 0.484 e. The molecular formula is C19H19Cl2NO4S. The van der Waals surface area contributed by atoms with Crippen LogP contribution in [0.15, 0.2) is 48.5 Å². The lowest BCUT2D eigenvalue weighted by molar-refractivity contribution is -0.136. The van der Waals surface area contributed by atoms with Crippen LogP contribution in [-0.2, 0) is 21.2 Å². The van der Waals surface area contributed by atoms with Crippen molar-refractivity contribution in [1.29, 1.82) is 0 Å². The van der Waals surface area contributed by atoms with Crippen LogP contribution < -0.4 is 4.74 Å². The maximum Gasteiger partial charge on any atom is 0.261 e. The number of hydrogen-bond acceptors (Lipinski definition) is 4. The summed E-state index contributed by atoms with van der Waals surface area (Å²) >= 11 is 11.8. The van der Waals surface area contributed by atoms with Crippen molar-refractivity contribution in [2.75, 3.05) is 18.1 Å². The summed E-state index contributed by atoms with van der Waals surface area (Å²) in [6, 6.07) is 13.6. The van der Waals surface area contributed by atoms with Gasteiger partial charge in [0.1, 0.15) is 5.75 Å². The van der Waals surface area contributed by atoms with E-state index in [0.717, 1.165) is 5.56 Å². The molecule has 0 aliphatic carbocycles. The van der Waals surface area contributed by atoms with Gasteiger partial charge < -0.3 is 9.64 Å². The Bertz CT molecular complexity index is 916. The predicted molar refractivity (Wildman–Crippen MR) is 106 cm³/mol. The summed E-state index contributed by atoms with van der Waals surface area (Å²) in [6.45, 7) is 0.111. The van der Waals surface area contributed by atoms with Crippen LogP contribution in [0.1, 0.15) is 12.0 Å². The van der Waals surface area contributed by atoms with Crippen molar-refractivity contribution in [2.45, 2.75) is 19.0 Å². The van der Waals surface area contributed by atoms with Crippen molar-refractivity contribution in [1.82, 2.24) is 4.90 Å². The Labute approximate surface area is 168 Å². The van der Waals surface area contributed by atoms with E-state index < -0.39 is 9.84 Å². The van der Waals surface area contributed by atoms with E-state index in [1.165, 1.54) is 0 Å². The van der Waals surface area contributed by atoms with Crippen LogP contribution in [0, 0.1) is 0 Å². The van der Waals surface area contributed by atoms with E-state index in [4.69, 9.17) is 27.9 Å². The third kappa shape index (κ3) is 5.61. The Balaban J connectivity index is 1.73. The Kier molecular flexibility index (Phi) is 6.29. The fourth-order valence-electron chi connectivity index (χ4n) is 3.01. The predicted octanol–water partition coefficient (Wildman–Crippen LogP) is 3.59. The number of hydrogen-bond donors (Lipinski definition) is 0. The molecule has 1 unspecified atom stereocenters. The van der Waals surface area contributed by atoms with E-state index in [1.54, 1.807) is 41.3 Å². The van der Waals surface area contributed by atoms with Gasteiger partial charge in [0, 0.05) is 22.6 Å². The number of ether oxygens (including phenoxy) is 1. The molecule has 2 aromatic carbocycles. The van der Waals surface area contributed by atoms with Crippen LogP contribution in [0.2, 0.25) is 10.0 Å². The van der Waals surface area contributed by atoms with Crippen molar-refractivity contribution in [3.8, 4) is 5.75 Å². The van der Waals surface area contributed by atoms with E-state index in [-0.39, 0.29) is 30.1 Å². The van der Waals surface area contributed by atoms with Gasteiger partial charge in [-0.2, -0.15) is 0 Å². The van der Waals surface area contributed by atoms with Crippen LogP contribution in [0.4, 0.5) is 0 Å². The standard InChI is InChI=1S/C19H19Cl2NO4S/c20-15-6-4-14(5-7-15)11-22(17-8-9-27(24,25)13-17)19(23)12-26-18-3-1-2-16(21)10-18/h1-7,10,17H,8-9,11-13H2. The summed E-state index contributed by atoms with van der Waals surface area (Å²) < 4.78 is 29.3. The molecule has 2 aromatic rings. The van der Waals surface area contributed by atoms with Crippen LogP contribution in [0.5, 0.6) is 5.75 Å². The van der Waals surface area contributed by atoms with E-state index in [0.29, 0.717) is 28.8 Å². The maximum atomic E-state index is 12.8. The van der Waals surface area contributed by atoms with Gasteiger partial charge >= 0.3 is 0 Å². The van der Waals surface area contributed by atoms with Crippen LogP contribution >= 0.6 is 23.2 Å². The summed E-state index contributed by atoms with van der Waals surface area (Å²) in [6.07, 6.45) is 0.429. The summed E-state index contributed by atoms with van der Waals surface area (Å²) in [5, 5.41) is 1.12. The summed E-state index contributed by atoms with van der Waals surface area (Å²) in [5.41, 5.74) is 0.875. The summed E-state index contributed by atoms with van der Waals surface area (Å²) in [7, 11) is -3.12. The molecule has 0 bridgehead atoms. The number of carbonyl (C=O) groups is 1. The molecule has 1 atom stereocenters. The van der Waals surface area contributed by atoms with Crippen molar-refractivity contribution in [3.63, 3.8) is 0 Å². The molecule has 1 saturated heterocycles. The molecule has 0 spiro atoms. The van der Waals surface area contributed by atoms with Crippen LogP contribution in [0.25, 0.3) is 0 Å². The van der Waals surface area contributed by atoms with Crippen molar-refractivity contribution in [2.24, 2.45) is 0 Å². The Morgan fingerprint density at radius 2 is 1.85 bits per heavy atom. The van der Waals surface area contributed by atoms with Gasteiger partial charge in [0.25, 0.3) is 5.91 Å². The number of rotatable bonds is 6. The van der Waals surface area contributed by atoms with Gasteiger partial charge in [-0.1, -0.05) is 41.4 Å². The monoisotopic (exact) mass is 427 g/mol. The minimum atomic E-state index is -3.12. The zero-order chi connectivity index (χ0) is 19.4. The first kappa shape index (κ1) is 20.0. The van der Waals surface area contributed by atoms with E-state index in [2.05, 4.69) is 0 Å². The molecule has 0 saturated carbocycles. The zero-order valence-electron chi connectivity index (χ0n) is 14.5. The minimum Gasteiger partial charge on any atom is -0.484 e. The molecule has 27 heavy (non-hydrogen) atoms. The number of nitrogens with zero attached hydrogens (tertiary/aromatic N) is 1. The average molecular weight is 428 g/mol. The van der Waals surface area contributed by atoms with Gasteiger partial charge in [-0.15, -0.1) is 0 Å². The molecule has 144 valence electrons. The van der Waals surface area contributed by atoms with Crippen molar-refractivity contribution in [3.05, 3.63) is 64.1 Å². The summed E-state index contributed by atoms with van der Waals surface area (Å²) in [4.78, 5) is 14.4. The van der Waals surface area contributed by atoms with E-state index >= 15 is 0 Å². The molecule has 0 N–H and O–H groups in total. The Morgan fingerprint density at radius 3 is 2.48 bits per heavy atom. The lowest BCUT2D eigenvalue weighted by atomic mass is 10.1. The average Bonchev–Trinajstić information content (AvgIpc) is 2.99. The number of halogens is 2. The first-order valence-electron chi connectivity index (χ1n) is 8.45. The van der Waals surface area contributed by atoms with Gasteiger partial charge in [0.15, 0.2) is 16.4 Å². The highest BCUT2D eigenvalue weighted by atomic mass is 35.5. The van der Waals surface area contributed by atoms with Crippen molar-refractivity contribution < 1.29 is 17.9 Å². The van der Waals surface area contributed by atoms with Gasteiger partial charge in [-0.05, 0) is 42.3 Å². The number of amides is 1. The Morgan fingerprint density at radius 1 is 1.11 bits per heavy atom. The number of sulfone groups is 1. The highest BCUT2D eigenvalue weighted by molar-refractivity contribution is 7.91. The van der Waals surface area contributed by atoms with Crippen LogP contribution in [-0.4, -0.2) is 43.4 Å². The molecule has 0 radical (unpaired) electrons. The van der Waals surface area contributed by atoms with Gasteiger partial charge in [-0.3, -0.25) is 4.79 Å². The second kappa shape index (κ2) is 8.50. The molecule has 5 nitrogen and oxygen atoms in total. The smallest absolute Gasteiger partial charge is 0.261 e. The SMILES string of the molecule is O=C(COc1cccc(Cl)c1)N(Cc1ccc(Cl)cc1)C1CCS(=O)(=O)C1. The molecule has 8 heteroatoms. The van der Waals surface area contributed by atoms with Gasteiger partial charge in [-0.25, -0.2) is 8.42 Å². The number of carbonyl (C=O) groups excluding carboxylic acids is 1. The Hall–Kier alpha value is -1.76. The normalized spacial score (nSPS) is 18.2. The quantitative estimate of drug-likeness (QED) is 0.706. The second-order valence-electron chi connectivity index (χ2n) is 6.45. The molecule has 1 amide bonds. The fourth-order valence-corrected chi connectivity index (χ4v) is 5.05. The number of benzene rings is 2. The lowest BCUT2D eigenvalue weighted by Crippen LogP contribution is -2.43. The first-order chi connectivity index (χ1) is 12.8. The third-order valence-electron chi connectivity index (χ3n) is 4.39. The molecule has 0 aromatic heterocycles. The fraction of sp³-hybridized carbons (Fsp3) is 0.316. The maximum absolute atomic E-state index is 12.8. The zero-order valence-corrected chi connectivity index (χ0v) is 16.8. The first-order valence-corrected chi connectivity index (χ1v) is 11.0. The van der Waals surface area contributed by atoms with Crippen molar-refractivity contribution >= 4 is 38.9 Å². The molecule has 1 aliphatic rings. The molecule has 3 rings (SSSR count). The topological polar surface area (TPSA) is 63.7 Å². The van der Waals surface area contributed by atoms with E-state index in [1.807, 2.05) is 12.1 Å². The molecule has 1 heterocycles. The van der Waals surface area contributed by atoms with E-state index in [9.17, 15) is 13.2 Å². The van der Waals surface area contributed by atoms with Gasteiger partial charge in [0.05, 0.1) is 11.5 Å².